The Morgan fingerprint density at radius 2 is 2.14 bits per heavy atom. The van der Waals surface area contributed by atoms with Crippen molar-refractivity contribution in [1.29, 1.82) is 0 Å². The minimum absolute atomic E-state index is 0.201. The van der Waals surface area contributed by atoms with Crippen molar-refractivity contribution in [3.05, 3.63) is 65.2 Å². The van der Waals surface area contributed by atoms with Crippen LogP contribution in [0.1, 0.15) is 82.4 Å². The second kappa shape index (κ2) is 10.3. The standard InChI is InChI=1S/C30H38FN3O2/c1-20(2)28-24-13-12-23(31)19-22(24)14-15-30(28,36-29(35)21-10-11-21)16-18-34(3)17-6-9-27-32-25-7-4-5-8-26(25)33-27/h4-5,7-8,12-13,19-21,28H,6,9-11,14-18H2,1-3H3,(H,32,33)/t28-,30-/m0/s1/i6D2,9D2,14D2,15D2,17D2. The zero-order chi connectivity index (χ0) is 34.3. The molecule has 0 aliphatic heterocycles. The van der Waals surface area contributed by atoms with Crippen molar-refractivity contribution in [3.63, 3.8) is 0 Å². The Bertz CT molecular complexity index is 1610. The quantitative estimate of drug-likeness (QED) is 0.344. The molecule has 1 heterocycles. The van der Waals surface area contributed by atoms with Gasteiger partial charge in [-0.1, -0.05) is 32.0 Å². The number of imidazole rings is 1. The first kappa shape index (κ1) is 15.5. The number of aromatic nitrogens is 2. The lowest BCUT2D eigenvalue weighted by Gasteiger charge is -2.47. The third-order valence-corrected chi connectivity index (χ3v) is 6.76. The molecular weight excluding hydrogens is 453 g/mol. The van der Waals surface area contributed by atoms with Gasteiger partial charge in [-0.2, -0.15) is 0 Å². The molecular formula is C30H38FN3O2. The van der Waals surface area contributed by atoms with Crippen LogP contribution in [0, 0.1) is 17.7 Å². The summed E-state index contributed by atoms with van der Waals surface area (Å²) in [6.45, 7) is -0.00210. The van der Waals surface area contributed by atoms with Crippen molar-refractivity contribution in [3.8, 4) is 0 Å². The SMILES string of the molecule is [2H]C([2H])(c1nc2ccccc2[nH]1)C([2H])([2H])C([2H])([2H])N(C)CC[C@]1(OC(=O)C2CC2)[C@@H](C(C)C)c2ccc(F)cc2C([2H])([2H])C1([2H])[2H]. The fourth-order valence-electron chi connectivity index (χ4n) is 4.83. The van der Waals surface area contributed by atoms with Gasteiger partial charge in [-0.25, -0.2) is 9.37 Å². The second-order valence-corrected chi connectivity index (χ2v) is 9.92. The van der Waals surface area contributed by atoms with Crippen molar-refractivity contribution in [1.82, 2.24) is 14.9 Å². The van der Waals surface area contributed by atoms with Crippen molar-refractivity contribution >= 4 is 17.0 Å². The fourth-order valence-corrected chi connectivity index (χ4v) is 4.83. The average molecular weight is 502 g/mol. The first-order valence-electron chi connectivity index (χ1n) is 17.3. The molecule has 0 radical (unpaired) electrons. The number of esters is 1. The maximum atomic E-state index is 14.4. The van der Waals surface area contributed by atoms with E-state index in [2.05, 4.69) is 9.97 Å². The van der Waals surface area contributed by atoms with E-state index in [1.807, 2.05) is 0 Å². The number of aromatic amines is 1. The van der Waals surface area contributed by atoms with Crippen molar-refractivity contribution in [2.75, 3.05) is 20.1 Å². The normalized spacial score (nSPS) is 29.9. The number of para-hydroxylation sites is 2. The van der Waals surface area contributed by atoms with E-state index in [9.17, 15) is 11.9 Å². The summed E-state index contributed by atoms with van der Waals surface area (Å²) in [6.07, 6.45) is -11.4. The van der Waals surface area contributed by atoms with Crippen LogP contribution < -0.4 is 0 Å². The highest BCUT2D eigenvalue weighted by atomic mass is 19.1. The molecule has 36 heavy (non-hydrogen) atoms. The van der Waals surface area contributed by atoms with Crippen LogP contribution in [0.25, 0.3) is 11.0 Å². The molecule has 2 aliphatic rings. The zero-order valence-corrected chi connectivity index (χ0v) is 20.7. The average Bonchev–Trinajstić information content (AvgIpc) is 3.73. The van der Waals surface area contributed by atoms with Gasteiger partial charge in [0.15, 0.2) is 0 Å². The van der Waals surface area contributed by atoms with Crippen LogP contribution in [0.2, 0.25) is 0 Å². The molecule has 2 aliphatic carbocycles. The van der Waals surface area contributed by atoms with Crippen molar-refractivity contribution < 1.29 is 27.6 Å². The molecule has 5 nitrogen and oxygen atoms in total. The second-order valence-electron chi connectivity index (χ2n) is 9.92. The number of H-pyrrole nitrogens is 1. The molecule has 5 rings (SSSR count). The van der Waals surface area contributed by atoms with E-state index in [0.717, 1.165) is 17.0 Å². The van der Waals surface area contributed by atoms with Crippen LogP contribution in [-0.2, 0) is 22.3 Å². The van der Waals surface area contributed by atoms with Gasteiger partial charge in [0.1, 0.15) is 17.2 Å². The van der Waals surface area contributed by atoms with Crippen molar-refractivity contribution in [2.45, 2.75) is 70.1 Å². The van der Waals surface area contributed by atoms with Gasteiger partial charge in [0, 0.05) is 39.0 Å². The Hall–Kier alpha value is -2.73. The van der Waals surface area contributed by atoms with E-state index >= 15 is 0 Å². The number of aryl methyl sites for hydroxylation is 2. The first-order valence-corrected chi connectivity index (χ1v) is 12.3. The van der Waals surface area contributed by atoms with Gasteiger partial charge in [-0.15, -0.1) is 0 Å². The number of carbonyl (C=O) groups excluding carboxylic acids is 1. The lowest BCUT2D eigenvalue weighted by molar-refractivity contribution is -0.169. The highest BCUT2D eigenvalue weighted by Crippen LogP contribution is 2.49. The predicted octanol–water partition coefficient (Wildman–Crippen LogP) is 6.03. The summed E-state index contributed by atoms with van der Waals surface area (Å²) in [5.41, 5.74) is -1.33. The number of halogens is 1. The van der Waals surface area contributed by atoms with Crippen molar-refractivity contribution in [2.24, 2.45) is 11.8 Å². The molecule has 0 amide bonds. The summed E-state index contributed by atoms with van der Waals surface area (Å²) in [7, 11) is 1.21. The number of hydrogen-bond donors (Lipinski definition) is 1. The summed E-state index contributed by atoms with van der Waals surface area (Å²) in [5, 5.41) is 0. The Morgan fingerprint density at radius 3 is 2.89 bits per heavy atom. The lowest BCUT2D eigenvalue weighted by atomic mass is 9.65. The molecule has 1 N–H and O–H groups in total. The molecule has 1 aromatic heterocycles. The Balaban J connectivity index is 1.55. The van der Waals surface area contributed by atoms with Crippen LogP contribution in [0.15, 0.2) is 42.5 Å². The van der Waals surface area contributed by atoms with E-state index in [-0.39, 0.29) is 11.1 Å². The Morgan fingerprint density at radius 1 is 1.33 bits per heavy atom. The van der Waals surface area contributed by atoms with Crippen LogP contribution in [-0.4, -0.2) is 46.5 Å². The summed E-state index contributed by atoms with van der Waals surface area (Å²) in [6, 6.07) is 10.1. The Kier molecular flexibility index (Phi) is 4.45. The maximum absolute atomic E-state index is 14.4. The summed E-state index contributed by atoms with van der Waals surface area (Å²) < 4.78 is 109. The molecule has 0 unspecified atom stereocenters. The monoisotopic (exact) mass is 501 g/mol. The number of ether oxygens (including phenoxy) is 1. The van der Waals surface area contributed by atoms with E-state index in [4.69, 9.17) is 15.7 Å². The highest BCUT2D eigenvalue weighted by Gasteiger charge is 2.49. The number of nitrogens with zero attached hydrogens (tertiary/aromatic N) is 2. The predicted molar refractivity (Wildman–Crippen MR) is 140 cm³/mol. The maximum Gasteiger partial charge on any atom is 0.309 e. The minimum atomic E-state index is -3.23. The van der Waals surface area contributed by atoms with E-state index < -0.39 is 85.9 Å². The Labute approximate surface area is 227 Å². The molecule has 2 atom stereocenters. The molecule has 0 spiro atoms. The summed E-state index contributed by atoms with van der Waals surface area (Å²) >= 11 is 0. The van der Waals surface area contributed by atoms with Crippen LogP contribution in [0.4, 0.5) is 4.39 Å². The summed E-state index contributed by atoms with van der Waals surface area (Å²) in [5.74, 6) is -3.81. The van der Waals surface area contributed by atoms with Gasteiger partial charge >= 0.3 is 5.97 Å². The molecule has 2 aromatic carbocycles. The van der Waals surface area contributed by atoms with E-state index in [1.165, 1.54) is 13.1 Å². The number of carbonyl (C=O) groups is 1. The first-order chi connectivity index (χ1) is 21.1. The number of nitrogens with one attached hydrogen (secondary N) is 1. The lowest BCUT2D eigenvalue weighted by Crippen LogP contribution is -2.48. The number of rotatable bonds is 10. The number of hydrogen-bond acceptors (Lipinski definition) is 4. The van der Waals surface area contributed by atoms with Gasteiger partial charge in [0.05, 0.1) is 17.0 Å². The summed E-state index contributed by atoms with van der Waals surface area (Å²) in [4.78, 5) is 21.1. The molecule has 6 heteroatoms. The van der Waals surface area contributed by atoms with Gasteiger partial charge in [-0.05, 0) is 86.8 Å². The molecule has 3 aromatic rings. The third kappa shape index (κ3) is 5.34. The van der Waals surface area contributed by atoms with Crippen LogP contribution >= 0.6 is 0 Å². The number of fused-ring (bicyclic) bond motifs is 2. The largest absolute Gasteiger partial charge is 0.458 e. The van der Waals surface area contributed by atoms with Gasteiger partial charge in [0.25, 0.3) is 0 Å². The zero-order valence-electron chi connectivity index (χ0n) is 30.7. The van der Waals surface area contributed by atoms with E-state index in [0.29, 0.717) is 23.9 Å². The van der Waals surface area contributed by atoms with Gasteiger partial charge < -0.3 is 14.6 Å². The number of benzene rings is 2. The van der Waals surface area contributed by atoms with Gasteiger partial charge in [-0.3, -0.25) is 4.79 Å². The fraction of sp³-hybridized carbons (Fsp3) is 0.533. The molecule has 1 saturated carbocycles. The minimum Gasteiger partial charge on any atom is -0.458 e. The van der Waals surface area contributed by atoms with Crippen LogP contribution in [0.5, 0.6) is 0 Å². The smallest absolute Gasteiger partial charge is 0.309 e. The molecule has 192 valence electrons. The topological polar surface area (TPSA) is 58.2 Å². The molecule has 0 saturated heterocycles. The van der Waals surface area contributed by atoms with Gasteiger partial charge in [0.2, 0.25) is 0 Å². The van der Waals surface area contributed by atoms with E-state index in [1.54, 1.807) is 38.1 Å². The van der Waals surface area contributed by atoms with Crippen LogP contribution in [0.3, 0.4) is 0 Å². The molecule has 0 bridgehead atoms. The molecule has 1 fully saturated rings. The highest BCUT2D eigenvalue weighted by molar-refractivity contribution is 5.76. The third-order valence-electron chi connectivity index (χ3n) is 6.76.